The average molecular weight is 546 g/mol. The lowest BCUT2D eigenvalue weighted by atomic mass is 9.82. The first kappa shape index (κ1) is 30.8. The van der Waals surface area contributed by atoms with E-state index in [2.05, 4.69) is 61.6 Å². The Morgan fingerprint density at radius 1 is 1.10 bits per heavy atom. The topological polar surface area (TPSA) is 73.8 Å². The van der Waals surface area contributed by atoms with Crippen LogP contribution in [0.4, 0.5) is 19.3 Å². The van der Waals surface area contributed by atoms with E-state index in [9.17, 15) is 18.7 Å². The molecule has 0 saturated heterocycles. The maximum absolute atomic E-state index is 13.9. The number of nitrogens with zero attached hydrogens (tertiary/aromatic N) is 1. The van der Waals surface area contributed by atoms with Crippen LogP contribution in [0.1, 0.15) is 77.1 Å². The van der Waals surface area contributed by atoms with Crippen LogP contribution in [-0.4, -0.2) is 49.1 Å². The number of aliphatic hydroxyl groups is 1. The molecule has 0 spiro atoms. The number of nitrogens with one attached hydrogen (secondary N) is 2. The summed E-state index contributed by atoms with van der Waals surface area (Å²) in [5.74, 6) is -1.42. The summed E-state index contributed by atoms with van der Waals surface area (Å²) < 4.78 is 33.1. The van der Waals surface area contributed by atoms with Crippen molar-refractivity contribution in [3.63, 3.8) is 0 Å². The summed E-state index contributed by atoms with van der Waals surface area (Å²) in [5, 5.41) is 17.4. The normalized spacial score (nSPS) is 17.4. The Kier molecular flexibility index (Phi) is 9.99. The van der Waals surface area contributed by atoms with Gasteiger partial charge in [0.25, 0.3) is 0 Å². The van der Waals surface area contributed by atoms with Crippen LogP contribution in [0.5, 0.6) is 0 Å². The van der Waals surface area contributed by atoms with Crippen molar-refractivity contribution in [3.8, 4) is 0 Å². The van der Waals surface area contributed by atoms with Gasteiger partial charge in [0.15, 0.2) is 0 Å². The quantitative estimate of drug-likeness (QED) is 0.346. The van der Waals surface area contributed by atoms with Gasteiger partial charge in [0.05, 0.1) is 12.1 Å². The number of carbonyl (C=O) groups excluding carboxylic acids is 1. The molecule has 6 nitrogen and oxygen atoms in total. The molecule has 0 radical (unpaired) electrons. The summed E-state index contributed by atoms with van der Waals surface area (Å²) in [6.07, 6.45) is 1.22. The summed E-state index contributed by atoms with van der Waals surface area (Å²) in [6.45, 7) is 13.0. The van der Waals surface area contributed by atoms with Crippen LogP contribution in [0.3, 0.4) is 0 Å². The molecule has 1 aliphatic heterocycles. The third-order valence-corrected chi connectivity index (χ3v) is 7.39. The number of benzene rings is 2. The van der Waals surface area contributed by atoms with Gasteiger partial charge in [-0.25, -0.2) is 13.6 Å². The van der Waals surface area contributed by atoms with E-state index in [4.69, 9.17) is 4.74 Å². The van der Waals surface area contributed by atoms with E-state index in [0.29, 0.717) is 5.56 Å². The molecule has 1 amide bonds. The van der Waals surface area contributed by atoms with Crippen molar-refractivity contribution in [1.82, 2.24) is 10.6 Å². The Morgan fingerprint density at radius 3 is 2.38 bits per heavy atom. The molecule has 0 aromatic heterocycles. The summed E-state index contributed by atoms with van der Waals surface area (Å²) in [4.78, 5) is 14.8. The molecule has 3 atom stereocenters. The number of carbonyl (C=O) groups is 1. The Hall–Kier alpha value is -2.71. The molecular weight excluding hydrogens is 500 g/mol. The number of anilines is 1. The minimum Gasteiger partial charge on any atom is -0.444 e. The molecule has 0 saturated carbocycles. The highest BCUT2D eigenvalue weighted by Crippen LogP contribution is 2.35. The summed E-state index contributed by atoms with van der Waals surface area (Å²) >= 11 is 0. The first-order valence-corrected chi connectivity index (χ1v) is 13.9. The smallest absolute Gasteiger partial charge is 0.407 e. The van der Waals surface area contributed by atoms with Gasteiger partial charge in [-0.15, -0.1) is 0 Å². The first-order valence-electron chi connectivity index (χ1n) is 13.9. The predicted molar refractivity (Wildman–Crippen MR) is 152 cm³/mol. The summed E-state index contributed by atoms with van der Waals surface area (Å²) in [7, 11) is 2.08. The number of ether oxygens (including phenoxy) is 1. The van der Waals surface area contributed by atoms with E-state index in [-0.39, 0.29) is 24.4 Å². The van der Waals surface area contributed by atoms with Crippen molar-refractivity contribution < 1.29 is 23.4 Å². The molecule has 0 aliphatic carbocycles. The molecule has 3 rings (SSSR count). The zero-order chi connectivity index (χ0) is 29.0. The van der Waals surface area contributed by atoms with Crippen LogP contribution in [0.25, 0.3) is 0 Å². The summed E-state index contributed by atoms with van der Waals surface area (Å²) in [6, 6.07) is 9.04. The van der Waals surface area contributed by atoms with Gasteiger partial charge in [-0.05, 0) is 80.3 Å². The molecule has 8 heteroatoms. The molecule has 216 valence electrons. The third kappa shape index (κ3) is 9.17. The van der Waals surface area contributed by atoms with Crippen molar-refractivity contribution >= 4 is 11.8 Å². The number of fused-ring (bicyclic) bond motifs is 1. The Bertz CT molecular complexity index is 1110. The highest BCUT2D eigenvalue weighted by Gasteiger charge is 2.29. The molecule has 3 N–H and O–H groups in total. The monoisotopic (exact) mass is 545 g/mol. The standard InChI is InChI=1S/C31H45F2N3O3/c1-8-31(5,6)18-20-9-10-27-24(15-20)25(11-12-36(27)7)34-19-28(37)26(35-29(38)39-30(2,3)4)16-21-13-22(32)17-23(33)14-21/h9-10,13-15,17,25-26,28,34,37H,8,11-12,16,18-19H2,1-7H3,(H,35,38). The second kappa shape index (κ2) is 12.6. The predicted octanol–water partition coefficient (Wildman–Crippen LogP) is 5.91. The first-order chi connectivity index (χ1) is 18.2. The van der Waals surface area contributed by atoms with Crippen LogP contribution in [0.15, 0.2) is 36.4 Å². The van der Waals surface area contributed by atoms with Gasteiger partial charge in [0.1, 0.15) is 17.2 Å². The van der Waals surface area contributed by atoms with Gasteiger partial charge in [-0.2, -0.15) is 0 Å². The van der Waals surface area contributed by atoms with Crippen LogP contribution < -0.4 is 15.5 Å². The largest absolute Gasteiger partial charge is 0.444 e. The number of hydrogen-bond donors (Lipinski definition) is 3. The van der Waals surface area contributed by atoms with Gasteiger partial charge in [-0.3, -0.25) is 0 Å². The lowest BCUT2D eigenvalue weighted by Gasteiger charge is -2.35. The van der Waals surface area contributed by atoms with Crippen molar-refractivity contribution in [2.45, 2.75) is 91.0 Å². The van der Waals surface area contributed by atoms with Crippen molar-refractivity contribution in [1.29, 1.82) is 0 Å². The maximum Gasteiger partial charge on any atom is 0.407 e. The van der Waals surface area contributed by atoms with Crippen molar-refractivity contribution in [3.05, 3.63) is 64.7 Å². The summed E-state index contributed by atoms with van der Waals surface area (Å²) in [5.41, 5.74) is 3.42. The lowest BCUT2D eigenvalue weighted by Crippen LogP contribution is -2.50. The number of hydrogen-bond acceptors (Lipinski definition) is 5. The molecule has 0 fully saturated rings. The minimum absolute atomic E-state index is 0.0179. The van der Waals surface area contributed by atoms with Crippen molar-refractivity contribution in [2.75, 3.05) is 25.0 Å². The Labute approximate surface area is 232 Å². The fourth-order valence-electron chi connectivity index (χ4n) is 4.96. The number of aliphatic hydroxyl groups excluding tert-OH is 1. The zero-order valence-corrected chi connectivity index (χ0v) is 24.4. The number of halogens is 2. The molecule has 3 unspecified atom stereocenters. The second-order valence-corrected chi connectivity index (χ2v) is 12.6. The number of alkyl carbamates (subject to hydrolysis) is 1. The fraction of sp³-hybridized carbons (Fsp3) is 0.581. The third-order valence-electron chi connectivity index (χ3n) is 7.39. The molecule has 2 aromatic carbocycles. The van der Waals surface area contributed by atoms with E-state index in [1.54, 1.807) is 20.8 Å². The van der Waals surface area contributed by atoms with Gasteiger partial charge in [-0.1, -0.05) is 39.3 Å². The van der Waals surface area contributed by atoms with E-state index in [0.717, 1.165) is 37.6 Å². The van der Waals surface area contributed by atoms with E-state index in [1.165, 1.54) is 23.3 Å². The molecular formula is C31H45F2N3O3. The maximum atomic E-state index is 13.9. The van der Waals surface area contributed by atoms with Gasteiger partial charge < -0.3 is 25.4 Å². The number of rotatable bonds is 10. The van der Waals surface area contributed by atoms with E-state index >= 15 is 0 Å². The average Bonchev–Trinajstić information content (AvgIpc) is 2.81. The lowest BCUT2D eigenvalue weighted by molar-refractivity contribution is 0.0419. The van der Waals surface area contributed by atoms with Crippen molar-refractivity contribution in [2.24, 2.45) is 5.41 Å². The fourth-order valence-corrected chi connectivity index (χ4v) is 4.96. The minimum atomic E-state index is -1.03. The Balaban J connectivity index is 1.78. The number of amides is 1. The van der Waals surface area contributed by atoms with Crippen LogP contribution >= 0.6 is 0 Å². The SMILES string of the molecule is CCC(C)(C)Cc1ccc2c(c1)C(NCC(O)C(Cc1cc(F)cc(F)c1)NC(=O)OC(C)(C)C)CCN2C. The molecule has 1 aliphatic rings. The Morgan fingerprint density at radius 2 is 1.77 bits per heavy atom. The van der Waals surface area contributed by atoms with Gasteiger partial charge in [0.2, 0.25) is 0 Å². The molecule has 1 heterocycles. The van der Waals surface area contributed by atoms with Crippen LogP contribution in [0, 0.1) is 17.0 Å². The second-order valence-electron chi connectivity index (χ2n) is 12.6. The highest BCUT2D eigenvalue weighted by atomic mass is 19.1. The zero-order valence-electron chi connectivity index (χ0n) is 24.4. The van der Waals surface area contributed by atoms with Gasteiger partial charge >= 0.3 is 6.09 Å². The molecule has 0 bridgehead atoms. The van der Waals surface area contributed by atoms with Crippen LogP contribution in [-0.2, 0) is 17.6 Å². The van der Waals surface area contributed by atoms with Crippen LogP contribution in [0.2, 0.25) is 0 Å². The highest BCUT2D eigenvalue weighted by molar-refractivity contribution is 5.68. The molecule has 2 aromatic rings. The molecule has 39 heavy (non-hydrogen) atoms. The van der Waals surface area contributed by atoms with E-state index < -0.39 is 35.5 Å². The van der Waals surface area contributed by atoms with E-state index in [1.807, 2.05) is 0 Å². The van der Waals surface area contributed by atoms with Gasteiger partial charge in [0, 0.05) is 37.9 Å².